The van der Waals surface area contributed by atoms with Gasteiger partial charge < -0.3 is 14.7 Å². The Morgan fingerprint density at radius 2 is 1.78 bits per heavy atom. The number of carboxylic acid groups (broad SMARTS) is 1. The monoisotopic (exact) mass is 505 g/mol. The lowest BCUT2D eigenvalue weighted by molar-refractivity contribution is -0.137. The quantitative estimate of drug-likeness (QED) is 0.556. The van der Waals surface area contributed by atoms with E-state index in [-0.39, 0.29) is 6.10 Å². The summed E-state index contributed by atoms with van der Waals surface area (Å²) in [4.78, 5) is 22.4. The molecule has 2 aliphatic heterocycles. The van der Waals surface area contributed by atoms with Crippen molar-refractivity contribution in [1.82, 2.24) is 9.97 Å². The summed E-state index contributed by atoms with van der Waals surface area (Å²) in [5, 5.41) is 14.1. The summed E-state index contributed by atoms with van der Waals surface area (Å²) < 4.78 is 46.3. The van der Waals surface area contributed by atoms with Crippen LogP contribution in [0, 0.1) is 5.92 Å². The Morgan fingerprint density at radius 1 is 1.14 bits per heavy atom. The van der Waals surface area contributed by atoms with Gasteiger partial charge in [-0.15, -0.1) is 0 Å². The molecule has 1 N–H and O–H groups in total. The molecule has 194 valence electrons. The van der Waals surface area contributed by atoms with Crippen LogP contribution in [0.25, 0.3) is 0 Å². The number of ether oxygens (including phenoxy) is 1. The molecule has 36 heavy (non-hydrogen) atoms. The average Bonchev–Trinajstić information content (AvgIpc) is 3.17. The van der Waals surface area contributed by atoms with Gasteiger partial charge in [-0.2, -0.15) is 18.3 Å². The molecule has 0 aliphatic carbocycles. The third kappa shape index (κ3) is 5.88. The van der Waals surface area contributed by atoms with Gasteiger partial charge in [0.1, 0.15) is 17.6 Å². The topological polar surface area (TPSA) is 91.2 Å². The number of benzene rings is 1. The maximum Gasteiger partial charge on any atom is 0.431 e. The lowest BCUT2D eigenvalue weighted by Gasteiger charge is -2.32. The average molecular weight is 506 g/mol. The highest BCUT2D eigenvalue weighted by molar-refractivity contribution is 5.95. The highest BCUT2D eigenvalue weighted by Gasteiger charge is 2.48. The number of carbonyl (C=O) groups is 1. The number of carboxylic acids is 1. The lowest BCUT2D eigenvalue weighted by Crippen LogP contribution is -2.39. The van der Waals surface area contributed by atoms with Gasteiger partial charge in [0.15, 0.2) is 0 Å². The molecule has 1 aromatic carbocycles. The normalized spacial score (nSPS) is 21.0. The van der Waals surface area contributed by atoms with E-state index in [9.17, 15) is 23.1 Å². The molecule has 2 aromatic rings. The molecule has 0 spiro atoms. The Balaban J connectivity index is 1.37. The van der Waals surface area contributed by atoms with Gasteiger partial charge in [-0.05, 0) is 36.2 Å². The highest BCUT2D eigenvalue weighted by Crippen LogP contribution is 2.37. The summed E-state index contributed by atoms with van der Waals surface area (Å²) in [5.41, 5.74) is 0.545. The van der Waals surface area contributed by atoms with Crippen LogP contribution in [0.5, 0.6) is 5.75 Å². The van der Waals surface area contributed by atoms with E-state index in [0.717, 1.165) is 49.3 Å². The van der Waals surface area contributed by atoms with E-state index in [1.807, 2.05) is 12.4 Å². The van der Waals surface area contributed by atoms with E-state index in [4.69, 9.17) is 4.74 Å². The summed E-state index contributed by atoms with van der Waals surface area (Å²) in [5.74, 6) is -0.926. The molecule has 0 amide bonds. The second-order valence-corrected chi connectivity index (χ2v) is 9.22. The van der Waals surface area contributed by atoms with Gasteiger partial charge in [0.2, 0.25) is 5.95 Å². The number of anilines is 2. The summed E-state index contributed by atoms with van der Waals surface area (Å²) in [6.07, 6.45) is 2.25. The van der Waals surface area contributed by atoms with Gasteiger partial charge in [-0.1, -0.05) is 20.3 Å². The summed E-state index contributed by atoms with van der Waals surface area (Å²) in [7, 11) is 0. The number of alkyl halides is 3. The molecule has 1 fully saturated rings. The minimum absolute atomic E-state index is 0.00659. The molecular weight excluding hydrogens is 475 g/mol. The van der Waals surface area contributed by atoms with Crippen molar-refractivity contribution in [3.05, 3.63) is 42.2 Å². The Bertz CT molecular complexity index is 1070. The number of hydrogen-bond acceptors (Lipinski definition) is 7. The summed E-state index contributed by atoms with van der Waals surface area (Å²) >= 11 is 0. The first-order valence-corrected chi connectivity index (χ1v) is 12.1. The molecule has 2 atom stereocenters. The van der Waals surface area contributed by atoms with E-state index < -0.39 is 36.2 Å². The van der Waals surface area contributed by atoms with Crippen LogP contribution in [0.3, 0.4) is 0 Å². The molecule has 1 saturated heterocycles. The zero-order chi connectivity index (χ0) is 25.9. The largest absolute Gasteiger partial charge is 0.490 e. The third-order valence-corrected chi connectivity index (χ3v) is 6.57. The van der Waals surface area contributed by atoms with Gasteiger partial charge in [-0.3, -0.25) is 9.80 Å². The fourth-order valence-corrected chi connectivity index (χ4v) is 4.65. The third-order valence-electron chi connectivity index (χ3n) is 6.57. The molecular formula is C25H30F3N5O3. The van der Waals surface area contributed by atoms with Crippen molar-refractivity contribution in [1.29, 1.82) is 0 Å². The van der Waals surface area contributed by atoms with Crippen LogP contribution in [0.1, 0.15) is 45.1 Å². The number of hydrazone groups is 1. The van der Waals surface area contributed by atoms with Crippen LogP contribution in [0.4, 0.5) is 24.8 Å². The van der Waals surface area contributed by atoms with Gasteiger partial charge >= 0.3 is 12.1 Å². The van der Waals surface area contributed by atoms with Gasteiger partial charge in [0, 0.05) is 44.2 Å². The minimum Gasteiger partial charge on any atom is -0.490 e. The molecule has 0 saturated carbocycles. The number of rotatable bonds is 8. The number of piperidine rings is 1. The predicted octanol–water partition coefficient (Wildman–Crippen LogP) is 4.69. The van der Waals surface area contributed by atoms with Crippen molar-refractivity contribution < 1.29 is 27.8 Å². The Kier molecular flexibility index (Phi) is 7.65. The second kappa shape index (κ2) is 10.7. The molecule has 11 heteroatoms. The van der Waals surface area contributed by atoms with Crippen molar-refractivity contribution >= 4 is 23.3 Å². The fourth-order valence-electron chi connectivity index (χ4n) is 4.65. The number of aryl methyl sites for hydroxylation is 1. The smallest absolute Gasteiger partial charge is 0.431 e. The number of aliphatic carboxylic acids is 1. The summed E-state index contributed by atoms with van der Waals surface area (Å²) in [6, 6.07) is 5.66. The first-order chi connectivity index (χ1) is 17.2. The van der Waals surface area contributed by atoms with Crippen molar-refractivity contribution in [3.8, 4) is 5.75 Å². The molecule has 0 radical (unpaired) electrons. The van der Waals surface area contributed by atoms with Crippen LogP contribution in [0.2, 0.25) is 0 Å². The Morgan fingerprint density at radius 3 is 2.33 bits per heavy atom. The molecule has 4 rings (SSSR count). The molecule has 2 aliphatic rings. The first kappa shape index (κ1) is 25.7. The van der Waals surface area contributed by atoms with Crippen molar-refractivity contribution in [3.63, 3.8) is 0 Å². The standard InChI is InChI=1S/C25H30F3N5O3/c1-3-4-17-14-29-24(30-15-17)32-11-9-20(10-12-32)36-19-7-5-18(6-8-19)33-21(13-22(34)35)16(2)23(31-33)25(26,27)28/h5-8,14-16,20-21H,3-4,9-13H2,1-2H3,(H,34,35). The van der Waals surface area contributed by atoms with E-state index in [0.29, 0.717) is 17.4 Å². The van der Waals surface area contributed by atoms with E-state index >= 15 is 0 Å². The maximum absolute atomic E-state index is 13.4. The molecule has 2 unspecified atom stereocenters. The first-order valence-electron chi connectivity index (χ1n) is 12.1. The Hall–Kier alpha value is -3.37. The van der Waals surface area contributed by atoms with Gasteiger partial charge in [0.05, 0.1) is 18.2 Å². The van der Waals surface area contributed by atoms with E-state index in [1.54, 1.807) is 24.3 Å². The zero-order valence-corrected chi connectivity index (χ0v) is 20.3. The highest BCUT2D eigenvalue weighted by atomic mass is 19.4. The number of aromatic nitrogens is 2. The van der Waals surface area contributed by atoms with Gasteiger partial charge in [-0.25, -0.2) is 9.97 Å². The number of hydrogen-bond donors (Lipinski definition) is 1. The van der Waals surface area contributed by atoms with E-state index in [2.05, 4.69) is 26.9 Å². The molecule has 1 aromatic heterocycles. The van der Waals surface area contributed by atoms with Crippen LogP contribution < -0.4 is 14.6 Å². The molecule has 8 nitrogen and oxygen atoms in total. The molecule has 0 bridgehead atoms. The van der Waals surface area contributed by atoms with Gasteiger partial charge in [0.25, 0.3) is 0 Å². The summed E-state index contributed by atoms with van der Waals surface area (Å²) in [6.45, 7) is 4.99. The van der Waals surface area contributed by atoms with Crippen molar-refractivity contribution in [2.45, 2.75) is 64.3 Å². The van der Waals surface area contributed by atoms with Crippen LogP contribution in [-0.4, -0.2) is 58.2 Å². The molecule has 3 heterocycles. The number of halogens is 3. The minimum atomic E-state index is -4.62. The van der Waals surface area contributed by atoms with Crippen LogP contribution >= 0.6 is 0 Å². The predicted molar refractivity (Wildman–Crippen MR) is 130 cm³/mol. The van der Waals surface area contributed by atoms with E-state index in [1.165, 1.54) is 6.92 Å². The van der Waals surface area contributed by atoms with Crippen LogP contribution in [-0.2, 0) is 11.2 Å². The Labute approximate surface area is 207 Å². The van der Waals surface area contributed by atoms with Crippen molar-refractivity contribution in [2.75, 3.05) is 23.0 Å². The maximum atomic E-state index is 13.4. The zero-order valence-electron chi connectivity index (χ0n) is 20.3. The number of nitrogens with zero attached hydrogens (tertiary/aromatic N) is 5. The second-order valence-electron chi connectivity index (χ2n) is 9.22. The SMILES string of the molecule is CCCc1cnc(N2CCC(Oc3ccc(N4N=C(C(F)(F)F)C(C)C4CC(=O)O)cc3)CC2)nc1. The van der Waals surface area contributed by atoms with Crippen molar-refractivity contribution in [2.24, 2.45) is 11.0 Å². The lowest BCUT2D eigenvalue weighted by atomic mass is 9.94. The van der Waals surface area contributed by atoms with Crippen LogP contribution in [0.15, 0.2) is 41.8 Å². The fraction of sp³-hybridized carbons (Fsp3) is 0.520.